The van der Waals surface area contributed by atoms with Gasteiger partial charge in [0.2, 0.25) is 15.9 Å². The quantitative estimate of drug-likeness (QED) is 0.638. The summed E-state index contributed by atoms with van der Waals surface area (Å²) in [5.41, 5.74) is 1.09. The number of anilines is 1. The summed E-state index contributed by atoms with van der Waals surface area (Å²) in [6.45, 7) is 1.61. The Morgan fingerprint density at radius 3 is 2.61 bits per heavy atom. The minimum absolute atomic E-state index is 0.0603. The molecule has 3 N–H and O–H groups in total. The highest BCUT2D eigenvalue weighted by atomic mass is 32.2. The van der Waals surface area contributed by atoms with Crippen molar-refractivity contribution in [2.75, 3.05) is 5.32 Å². The van der Waals surface area contributed by atoms with Crippen molar-refractivity contribution in [3.63, 3.8) is 0 Å². The van der Waals surface area contributed by atoms with Crippen molar-refractivity contribution < 1.29 is 22.0 Å². The fourth-order valence-corrected chi connectivity index (χ4v) is 3.38. The zero-order valence-electron chi connectivity index (χ0n) is 14.8. The number of carbonyl (C=O) groups is 1. The molecule has 3 aromatic rings. The fourth-order valence-electron chi connectivity index (χ4n) is 2.57. The van der Waals surface area contributed by atoms with E-state index in [-0.39, 0.29) is 10.6 Å². The van der Waals surface area contributed by atoms with Crippen LogP contribution in [0.15, 0.2) is 70.0 Å². The van der Waals surface area contributed by atoms with Crippen LogP contribution in [0, 0.1) is 12.7 Å². The number of aryl methyl sites for hydroxylation is 1. The van der Waals surface area contributed by atoms with Gasteiger partial charge in [-0.25, -0.2) is 17.9 Å². The molecule has 1 amide bonds. The molecule has 0 aliphatic rings. The highest BCUT2D eigenvalue weighted by Gasteiger charge is 2.13. The van der Waals surface area contributed by atoms with E-state index in [1.165, 1.54) is 24.3 Å². The van der Waals surface area contributed by atoms with Crippen LogP contribution in [-0.4, -0.2) is 14.3 Å². The number of amides is 1. The number of sulfonamides is 1. The summed E-state index contributed by atoms with van der Waals surface area (Å²) in [5.74, 6) is -0.194. The van der Waals surface area contributed by atoms with Crippen molar-refractivity contribution in [1.29, 1.82) is 0 Å². The predicted octanol–water partition coefficient (Wildman–Crippen LogP) is 3.69. The lowest BCUT2D eigenvalue weighted by atomic mass is 10.1. The first-order valence-electron chi connectivity index (χ1n) is 8.21. The molecule has 0 radical (unpaired) electrons. The molecule has 1 heterocycles. The summed E-state index contributed by atoms with van der Waals surface area (Å²) < 4.78 is 42.4. The van der Waals surface area contributed by atoms with E-state index >= 15 is 0 Å². The molecule has 0 fully saturated rings. The zero-order chi connectivity index (χ0) is 20.3. The van der Waals surface area contributed by atoms with E-state index in [1.54, 1.807) is 49.4 Å². The number of halogens is 1. The van der Waals surface area contributed by atoms with E-state index in [9.17, 15) is 17.6 Å². The number of benzene rings is 2. The Hall–Kier alpha value is -3.23. The smallest absolute Gasteiger partial charge is 0.248 e. The van der Waals surface area contributed by atoms with Crippen molar-refractivity contribution in [3.05, 3.63) is 77.8 Å². The SMILES string of the molecule is Cc1ccc(NC(=O)/C=C/c2ccc(-c3ccccc3F)o2)cc1S(N)(=O)=O. The maximum absolute atomic E-state index is 13.8. The molecule has 0 saturated heterocycles. The third-order valence-corrected chi connectivity index (χ3v) is 4.98. The van der Waals surface area contributed by atoms with Crippen molar-refractivity contribution in [2.45, 2.75) is 11.8 Å². The zero-order valence-corrected chi connectivity index (χ0v) is 15.7. The van der Waals surface area contributed by atoms with Crippen molar-refractivity contribution in [2.24, 2.45) is 5.14 Å². The molecule has 0 aliphatic carbocycles. The lowest BCUT2D eigenvalue weighted by molar-refractivity contribution is -0.111. The largest absolute Gasteiger partial charge is 0.457 e. The van der Waals surface area contributed by atoms with Crippen LogP contribution < -0.4 is 10.5 Å². The normalized spacial score (nSPS) is 11.7. The number of carbonyl (C=O) groups excluding carboxylic acids is 1. The van der Waals surface area contributed by atoms with E-state index in [1.807, 2.05) is 0 Å². The number of furan rings is 1. The van der Waals surface area contributed by atoms with Crippen LogP contribution in [0.4, 0.5) is 10.1 Å². The summed E-state index contributed by atoms with van der Waals surface area (Å²) in [7, 11) is -3.89. The summed E-state index contributed by atoms with van der Waals surface area (Å²) in [6.07, 6.45) is 2.65. The number of nitrogens with two attached hydrogens (primary N) is 1. The third-order valence-electron chi connectivity index (χ3n) is 3.93. The standard InChI is InChI=1S/C20H17FN2O4S/c1-13-6-7-14(12-19(13)28(22,25)26)23-20(24)11-9-15-8-10-18(27-15)16-4-2-3-5-17(16)21/h2-12H,1H3,(H,23,24)(H2,22,25,26)/b11-9+. The maximum Gasteiger partial charge on any atom is 0.248 e. The molecule has 1 aromatic heterocycles. The second-order valence-corrected chi connectivity index (χ2v) is 7.56. The lowest BCUT2D eigenvalue weighted by Crippen LogP contribution is -2.15. The van der Waals surface area contributed by atoms with Crippen LogP contribution >= 0.6 is 0 Å². The molecule has 144 valence electrons. The number of rotatable bonds is 5. The Bertz CT molecular complexity index is 1170. The van der Waals surface area contributed by atoms with Gasteiger partial charge < -0.3 is 9.73 Å². The van der Waals surface area contributed by atoms with Crippen LogP contribution in [0.1, 0.15) is 11.3 Å². The van der Waals surface area contributed by atoms with Gasteiger partial charge in [0.05, 0.1) is 10.5 Å². The van der Waals surface area contributed by atoms with Gasteiger partial charge >= 0.3 is 0 Å². The second kappa shape index (κ2) is 7.79. The first-order chi connectivity index (χ1) is 13.2. The van der Waals surface area contributed by atoms with Crippen LogP contribution in [0.25, 0.3) is 17.4 Å². The average molecular weight is 400 g/mol. The molecule has 28 heavy (non-hydrogen) atoms. The Labute approximate surface area is 161 Å². The van der Waals surface area contributed by atoms with Crippen molar-refractivity contribution in [1.82, 2.24) is 0 Å². The van der Waals surface area contributed by atoms with E-state index < -0.39 is 21.7 Å². The molecular weight excluding hydrogens is 383 g/mol. The van der Waals surface area contributed by atoms with Gasteiger partial charge in [0.25, 0.3) is 0 Å². The number of hydrogen-bond donors (Lipinski definition) is 2. The van der Waals surface area contributed by atoms with Gasteiger partial charge in [-0.15, -0.1) is 0 Å². The van der Waals surface area contributed by atoms with Gasteiger partial charge in [0, 0.05) is 11.8 Å². The highest BCUT2D eigenvalue weighted by molar-refractivity contribution is 7.89. The fraction of sp³-hybridized carbons (Fsp3) is 0.0500. The van der Waals surface area contributed by atoms with Crippen LogP contribution in [-0.2, 0) is 14.8 Å². The van der Waals surface area contributed by atoms with Crippen LogP contribution in [0.2, 0.25) is 0 Å². The predicted molar refractivity (Wildman–Crippen MR) is 104 cm³/mol. The van der Waals surface area contributed by atoms with Gasteiger partial charge in [0.1, 0.15) is 17.3 Å². The van der Waals surface area contributed by atoms with Crippen molar-refractivity contribution in [3.8, 4) is 11.3 Å². The Balaban J connectivity index is 1.72. The number of hydrogen-bond acceptors (Lipinski definition) is 4. The molecule has 0 spiro atoms. The van der Waals surface area contributed by atoms with Crippen LogP contribution in [0.5, 0.6) is 0 Å². The molecule has 8 heteroatoms. The maximum atomic E-state index is 13.8. The molecule has 3 rings (SSSR count). The molecule has 0 atom stereocenters. The monoisotopic (exact) mass is 400 g/mol. The lowest BCUT2D eigenvalue weighted by Gasteiger charge is -2.07. The van der Waals surface area contributed by atoms with Gasteiger partial charge in [-0.1, -0.05) is 18.2 Å². The second-order valence-electron chi connectivity index (χ2n) is 6.03. The Morgan fingerprint density at radius 1 is 1.14 bits per heavy atom. The first-order valence-corrected chi connectivity index (χ1v) is 9.76. The molecule has 0 saturated carbocycles. The molecule has 6 nitrogen and oxygen atoms in total. The molecule has 0 unspecified atom stereocenters. The van der Waals surface area contributed by atoms with Crippen LogP contribution in [0.3, 0.4) is 0 Å². The first kappa shape index (κ1) is 19.5. The molecule has 0 aliphatic heterocycles. The van der Waals surface area contributed by atoms with E-state index in [0.717, 1.165) is 0 Å². The van der Waals surface area contributed by atoms with E-state index in [2.05, 4.69) is 5.32 Å². The topological polar surface area (TPSA) is 102 Å². The number of primary sulfonamides is 1. The summed E-state index contributed by atoms with van der Waals surface area (Å²) >= 11 is 0. The van der Waals surface area contributed by atoms with Crippen molar-refractivity contribution >= 4 is 27.7 Å². The third kappa shape index (κ3) is 4.54. The van der Waals surface area contributed by atoms with E-state index in [4.69, 9.17) is 9.56 Å². The highest BCUT2D eigenvalue weighted by Crippen LogP contribution is 2.25. The Kier molecular flexibility index (Phi) is 5.43. The van der Waals surface area contributed by atoms with Gasteiger partial charge in [-0.05, 0) is 55.0 Å². The number of nitrogens with one attached hydrogen (secondary N) is 1. The minimum Gasteiger partial charge on any atom is -0.457 e. The minimum atomic E-state index is -3.89. The Morgan fingerprint density at radius 2 is 1.89 bits per heavy atom. The van der Waals surface area contributed by atoms with Gasteiger partial charge in [-0.3, -0.25) is 4.79 Å². The summed E-state index contributed by atoms with van der Waals surface area (Å²) in [6, 6.07) is 13.8. The summed E-state index contributed by atoms with van der Waals surface area (Å²) in [5, 5.41) is 7.71. The van der Waals surface area contributed by atoms with Gasteiger partial charge in [0.15, 0.2) is 0 Å². The molecular formula is C20H17FN2O4S. The molecule has 0 bridgehead atoms. The van der Waals surface area contributed by atoms with Gasteiger partial charge in [-0.2, -0.15) is 0 Å². The van der Waals surface area contributed by atoms with E-state index in [0.29, 0.717) is 22.6 Å². The average Bonchev–Trinajstić information content (AvgIpc) is 3.10. The summed E-state index contributed by atoms with van der Waals surface area (Å²) in [4.78, 5) is 12.0. The molecule has 2 aromatic carbocycles.